The molecule has 0 bridgehead atoms. The molecule has 1 spiro atoms. The lowest BCUT2D eigenvalue weighted by molar-refractivity contribution is -0.0156. The zero-order chi connectivity index (χ0) is 11.2. The average Bonchev–Trinajstić information content (AvgIpc) is 2.68. The predicted octanol–water partition coefficient (Wildman–Crippen LogP) is 1.26. The first-order chi connectivity index (χ1) is 7.72. The molecule has 2 aliphatic heterocycles. The number of ether oxygens (including phenoxy) is 2. The molecule has 4 nitrogen and oxygen atoms in total. The summed E-state index contributed by atoms with van der Waals surface area (Å²) in [7, 11) is 0. The molecule has 1 aromatic carbocycles. The molecule has 3 rings (SSSR count). The van der Waals surface area contributed by atoms with Crippen molar-refractivity contribution in [3.05, 3.63) is 29.8 Å². The number of hydrogen-bond acceptors (Lipinski definition) is 4. The molecule has 0 aromatic heterocycles. The average molecular weight is 218 g/mol. The largest absolute Gasteiger partial charge is 0.493 e. The van der Waals surface area contributed by atoms with Crippen LogP contribution >= 0.6 is 0 Å². The highest BCUT2D eigenvalue weighted by atomic mass is 16.5. The Balaban J connectivity index is 2.11. The number of para-hydroxylation sites is 1. The summed E-state index contributed by atoms with van der Waals surface area (Å²) in [5.74, 6) is 1.12. The van der Waals surface area contributed by atoms with E-state index in [9.17, 15) is 0 Å². The third kappa shape index (κ3) is 1.13. The Labute approximate surface area is 94.1 Å². The van der Waals surface area contributed by atoms with Gasteiger partial charge in [-0.15, -0.1) is 0 Å². The van der Waals surface area contributed by atoms with Crippen LogP contribution in [0.25, 0.3) is 0 Å². The third-order valence-corrected chi connectivity index (χ3v) is 3.38. The van der Waals surface area contributed by atoms with Gasteiger partial charge in [0.1, 0.15) is 5.75 Å². The van der Waals surface area contributed by atoms with E-state index in [4.69, 9.17) is 15.2 Å². The first kappa shape index (κ1) is 9.51. The lowest BCUT2D eigenvalue weighted by atomic mass is 9.80. The van der Waals surface area contributed by atoms with E-state index < -0.39 is 5.60 Å². The van der Waals surface area contributed by atoms with E-state index in [0.29, 0.717) is 13.2 Å². The van der Waals surface area contributed by atoms with Crippen LogP contribution in [0.15, 0.2) is 29.3 Å². The smallest absolute Gasteiger partial charge is 0.283 e. The number of amidine groups is 1. The number of fused-ring (bicyclic) bond motifs is 2. The molecule has 1 aromatic rings. The number of nitrogens with zero attached hydrogens (tertiary/aromatic N) is 1. The van der Waals surface area contributed by atoms with Crippen molar-refractivity contribution in [1.82, 2.24) is 0 Å². The van der Waals surface area contributed by atoms with Gasteiger partial charge in [0.05, 0.1) is 13.2 Å². The molecular formula is C12H14N2O2. The van der Waals surface area contributed by atoms with Crippen LogP contribution in [0.5, 0.6) is 5.75 Å². The van der Waals surface area contributed by atoms with E-state index in [1.54, 1.807) is 0 Å². The van der Waals surface area contributed by atoms with E-state index in [1.165, 1.54) is 0 Å². The molecule has 2 aliphatic rings. The molecule has 16 heavy (non-hydrogen) atoms. The maximum atomic E-state index is 5.78. The van der Waals surface area contributed by atoms with Crippen LogP contribution in [-0.2, 0) is 10.3 Å². The maximum absolute atomic E-state index is 5.78. The van der Waals surface area contributed by atoms with E-state index in [1.807, 2.05) is 24.3 Å². The Hall–Kier alpha value is -1.71. The Bertz CT molecular complexity index is 458. The summed E-state index contributed by atoms with van der Waals surface area (Å²) in [5.41, 5.74) is 6.28. The normalized spacial score (nSPS) is 31.6. The number of nitrogens with two attached hydrogens (primary N) is 1. The van der Waals surface area contributed by atoms with Gasteiger partial charge in [0, 0.05) is 11.5 Å². The Kier molecular flexibility index (Phi) is 1.87. The maximum Gasteiger partial charge on any atom is 0.283 e. The van der Waals surface area contributed by atoms with Gasteiger partial charge in [-0.3, -0.25) is 0 Å². The highest BCUT2D eigenvalue weighted by Crippen LogP contribution is 2.44. The Morgan fingerprint density at radius 1 is 1.44 bits per heavy atom. The van der Waals surface area contributed by atoms with E-state index in [-0.39, 0.29) is 11.9 Å². The van der Waals surface area contributed by atoms with Crippen molar-refractivity contribution >= 4 is 6.02 Å². The van der Waals surface area contributed by atoms with Gasteiger partial charge in [0.15, 0.2) is 5.60 Å². The van der Waals surface area contributed by atoms with Crippen LogP contribution in [0.1, 0.15) is 12.5 Å². The molecule has 0 amide bonds. The second kappa shape index (κ2) is 3.14. The molecule has 4 heteroatoms. The molecule has 2 unspecified atom stereocenters. The minimum absolute atomic E-state index is 0.243. The van der Waals surface area contributed by atoms with Crippen LogP contribution in [0.2, 0.25) is 0 Å². The number of hydrogen-bond donors (Lipinski definition) is 1. The molecule has 0 fully saturated rings. The second-order valence-corrected chi connectivity index (χ2v) is 4.35. The van der Waals surface area contributed by atoms with Crippen LogP contribution in [-0.4, -0.2) is 19.2 Å². The summed E-state index contributed by atoms with van der Waals surface area (Å²) in [6.45, 7) is 3.32. The molecule has 0 aliphatic carbocycles. The van der Waals surface area contributed by atoms with E-state index in [0.717, 1.165) is 11.3 Å². The third-order valence-electron chi connectivity index (χ3n) is 3.38. The summed E-state index contributed by atoms with van der Waals surface area (Å²) in [4.78, 5) is 4.18. The highest BCUT2D eigenvalue weighted by Gasteiger charge is 2.48. The fraction of sp³-hybridized carbons (Fsp3) is 0.417. The van der Waals surface area contributed by atoms with Crippen LogP contribution in [0.3, 0.4) is 0 Å². The topological polar surface area (TPSA) is 56.8 Å². The zero-order valence-corrected chi connectivity index (χ0v) is 9.14. The van der Waals surface area contributed by atoms with Gasteiger partial charge in [-0.25, -0.2) is 4.99 Å². The van der Waals surface area contributed by atoms with E-state index in [2.05, 4.69) is 11.9 Å². The SMILES string of the molecule is CC1COc2ccccc2C12CN=C(N)O2. The molecule has 84 valence electrons. The van der Waals surface area contributed by atoms with Crippen molar-refractivity contribution in [2.75, 3.05) is 13.2 Å². The summed E-state index contributed by atoms with van der Waals surface area (Å²) in [5, 5.41) is 0. The number of rotatable bonds is 0. The lowest BCUT2D eigenvalue weighted by Crippen LogP contribution is -2.44. The van der Waals surface area contributed by atoms with Gasteiger partial charge in [-0.05, 0) is 6.07 Å². The monoisotopic (exact) mass is 218 g/mol. The van der Waals surface area contributed by atoms with Crippen molar-refractivity contribution < 1.29 is 9.47 Å². The van der Waals surface area contributed by atoms with Crippen LogP contribution in [0.4, 0.5) is 0 Å². The standard InChI is InChI=1S/C12H14N2O2/c1-8-6-15-10-5-3-2-4-9(10)12(8)7-14-11(13)16-12/h2-5,8H,6-7H2,1H3,(H2,13,14). The summed E-state index contributed by atoms with van der Waals surface area (Å²) in [6.07, 6.45) is 0. The fourth-order valence-electron chi connectivity index (χ4n) is 2.40. The van der Waals surface area contributed by atoms with Gasteiger partial charge in [0.2, 0.25) is 0 Å². The first-order valence-corrected chi connectivity index (χ1v) is 5.43. The number of benzene rings is 1. The molecule has 2 atom stereocenters. The molecule has 0 radical (unpaired) electrons. The van der Waals surface area contributed by atoms with Crippen LogP contribution < -0.4 is 10.5 Å². The van der Waals surface area contributed by atoms with Gasteiger partial charge in [-0.1, -0.05) is 25.1 Å². The minimum atomic E-state index is -0.418. The molecule has 2 heterocycles. The van der Waals surface area contributed by atoms with Crippen molar-refractivity contribution in [2.45, 2.75) is 12.5 Å². The van der Waals surface area contributed by atoms with Gasteiger partial charge in [0.25, 0.3) is 6.02 Å². The van der Waals surface area contributed by atoms with Crippen molar-refractivity contribution in [3.63, 3.8) is 0 Å². The summed E-state index contributed by atoms with van der Waals surface area (Å²) < 4.78 is 11.5. The van der Waals surface area contributed by atoms with Crippen molar-refractivity contribution in [1.29, 1.82) is 0 Å². The molecule has 0 saturated heterocycles. The Morgan fingerprint density at radius 2 is 2.25 bits per heavy atom. The second-order valence-electron chi connectivity index (χ2n) is 4.35. The molecular weight excluding hydrogens is 204 g/mol. The Morgan fingerprint density at radius 3 is 3.00 bits per heavy atom. The van der Waals surface area contributed by atoms with Gasteiger partial charge >= 0.3 is 0 Å². The van der Waals surface area contributed by atoms with Gasteiger partial charge in [-0.2, -0.15) is 0 Å². The molecule has 0 saturated carbocycles. The lowest BCUT2D eigenvalue weighted by Gasteiger charge is -2.39. The first-order valence-electron chi connectivity index (χ1n) is 5.43. The quantitative estimate of drug-likeness (QED) is 0.713. The van der Waals surface area contributed by atoms with E-state index >= 15 is 0 Å². The predicted molar refractivity (Wildman–Crippen MR) is 60.4 cm³/mol. The number of aliphatic imine (C=N–C) groups is 1. The molecule has 2 N–H and O–H groups in total. The van der Waals surface area contributed by atoms with Crippen molar-refractivity contribution in [2.24, 2.45) is 16.6 Å². The highest BCUT2D eigenvalue weighted by molar-refractivity contribution is 5.74. The summed E-state index contributed by atoms with van der Waals surface area (Å²) in [6, 6.07) is 8.21. The zero-order valence-electron chi connectivity index (χ0n) is 9.14. The summed E-state index contributed by atoms with van der Waals surface area (Å²) >= 11 is 0. The van der Waals surface area contributed by atoms with Crippen molar-refractivity contribution in [3.8, 4) is 5.75 Å². The van der Waals surface area contributed by atoms with Crippen LogP contribution in [0, 0.1) is 5.92 Å². The fourth-order valence-corrected chi connectivity index (χ4v) is 2.40. The van der Waals surface area contributed by atoms with Gasteiger partial charge < -0.3 is 15.2 Å². The minimum Gasteiger partial charge on any atom is -0.493 e.